The van der Waals surface area contributed by atoms with E-state index in [1.807, 2.05) is 20.8 Å². The minimum atomic E-state index is -0.490. The van der Waals surface area contributed by atoms with Gasteiger partial charge in [-0.15, -0.1) is 0 Å². The van der Waals surface area contributed by atoms with Gasteiger partial charge in [0.05, 0.1) is 6.42 Å². The van der Waals surface area contributed by atoms with Crippen molar-refractivity contribution in [1.29, 1.82) is 0 Å². The summed E-state index contributed by atoms with van der Waals surface area (Å²) >= 11 is 0. The first-order chi connectivity index (χ1) is 9.17. The molecule has 0 aromatic heterocycles. The number of nitrogens with one attached hydrogen (secondary N) is 1. The first kappa shape index (κ1) is 16.1. The van der Waals surface area contributed by atoms with Crippen LogP contribution in [0.3, 0.4) is 0 Å². The molecule has 1 rings (SSSR count). The molecule has 0 unspecified atom stereocenters. The van der Waals surface area contributed by atoms with Crippen LogP contribution in [-0.2, 0) is 14.3 Å². The van der Waals surface area contributed by atoms with Crippen LogP contribution in [0, 0.1) is 18.2 Å². The third-order valence-corrected chi connectivity index (χ3v) is 2.49. The van der Waals surface area contributed by atoms with Crippen LogP contribution in [0.5, 0.6) is 0 Å². The fourth-order valence-electron chi connectivity index (χ4n) is 1.50. The SMILES string of the molecule is Cc1ccc(NC(=O)COC(=O)CC(C)(C)C)cc1F. The molecule has 0 aliphatic rings. The number of hydrogen-bond acceptors (Lipinski definition) is 3. The molecule has 0 aliphatic heterocycles. The predicted octanol–water partition coefficient (Wildman–Crippen LogP) is 3.05. The van der Waals surface area contributed by atoms with E-state index in [1.165, 1.54) is 6.07 Å². The van der Waals surface area contributed by atoms with Crippen LogP contribution in [0.4, 0.5) is 10.1 Å². The highest BCUT2D eigenvalue weighted by molar-refractivity contribution is 5.92. The molecule has 1 aromatic carbocycles. The molecule has 0 bridgehead atoms. The molecule has 1 aromatic rings. The van der Waals surface area contributed by atoms with Crippen LogP contribution >= 0.6 is 0 Å². The highest BCUT2D eigenvalue weighted by atomic mass is 19.1. The molecule has 20 heavy (non-hydrogen) atoms. The molecule has 0 heterocycles. The van der Waals surface area contributed by atoms with Crippen molar-refractivity contribution in [2.24, 2.45) is 5.41 Å². The summed E-state index contributed by atoms with van der Waals surface area (Å²) in [6, 6.07) is 4.38. The smallest absolute Gasteiger partial charge is 0.306 e. The van der Waals surface area contributed by atoms with Gasteiger partial charge < -0.3 is 10.1 Å². The zero-order chi connectivity index (χ0) is 15.3. The van der Waals surface area contributed by atoms with E-state index in [0.717, 1.165) is 0 Å². The standard InChI is InChI=1S/C15H20FNO3/c1-10-5-6-11(7-12(10)16)17-13(18)9-20-14(19)8-15(2,3)4/h5-7H,8-9H2,1-4H3,(H,17,18). The van der Waals surface area contributed by atoms with Gasteiger partial charge in [-0.25, -0.2) is 4.39 Å². The molecule has 0 saturated heterocycles. The number of rotatable bonds is 4. The number of carbonyl (C=O) groups excluding carboxylic acids is 2. The highest BCUT2D eigenvalue weighted by Crippen LogP contribution is 2.19. The maximum Gasteiger partial charge on any atom is 0.306 e. The Kier molecular flexibility index (Phi) is 5.25. The maximum absolute atomic E-state index is 13.3. The fraction of sp³-hybridized carbons (Fsp3) is 0.467. The van der Waals surface area contributed by atoms with Gasteiger partial charge in [0.15, 0.2) is 6.61 Å². The molecule has 4 nitrogen and oxygen atoms in total. The third-order valence-electron chi connectivity index (χ3n) is 2.49. The predicted molar refractivity (Wildman–Crippen MR) is 74.8 cm³/mol. The zero-order valence-electron chi connectivity index (χ0n) is 12.2. The summed E-state index contributed by atoms with van der Waals surface area (Å²) < 4.78 is 18.2. The summed E-state index contributed by atoms with van der Waals surface area (Å²) in [5, 5.41) is 2.47. The zero-order valence-corrected chi connectivity index (χ0v) is 12.2. The first-order valence-corrected chi connectivity index (χ1v) is 6.39. The summed E-state index contributed by atoms with van der Waals surface area (Å²) in [7, 11) is 0. The molecule has 0 saturated carbocycles. The second-order valence-corrected chi connectivity index (χ2v) is 5.91. The number of esters is 1. The van der Waals surface area contributed by atoms with E-state index in [-0.39, 0.29) is 18.4 Å². The lowest BCUT2D eigenvalue weighted by atomic mass is 9.92. The van der Waals surface area contributed by atoms with Crippen molar-refractivity contribution in [3.63, 3.8) is 0 Å². The van der Waals surface area contributed by atoms with E-state index in [2.05, 4.69) is 5.32 Å². The Morgan fingerprint density at radius 3 is 2.50 bits per heavy atom. The molecule has 0 spiro atoms. The van der Waals surface area contributed by atoms with E-state index in [1.54, 1.807) is 19.1 Å². The van der Waals surface area contributed by atoms with Crippen molar-refractivity contribution in [3.05, 3.63) is 29.6 Å². The van der Waals surface area contributed by atoms with Crippen LogP contribution in [-0.4, -0.2) is 18.5 Å². The Balaban J connectivity index is 2.44. The van der Waals surface area contributed by atoms with Gasteiger partial charge in [0.1, 0.15) is 5.82 Å². The summed E-state index contributed by atoms with van der Waals surface area (Å²) in [5.41, 5.74) is 0.651. The Labute approximate surface area is 118 Å². The van der Waals surface area contributed by atoms with Gasteiger partial charge in [-0.05, 0) is 30.0 Å². The number of benzene rings is 1. The Hall–Kier alpha value is -1.91. The molecule has 110 valence electrons. The molecular weight excluding hydrogens is 261 g/mol. The normalized spacial score (nSPS) is 11.1. The summed E-state index contributed by atoms with van der Waals surface area (Å²) in [5.74, 6) is -1.31. The van der Waals surface area contributed by atoms with Gasteiger partial charge in [-0.2, -0.15) is 0 Å². The number of halogens is 1. The van der Waals surface area contributed by atoms with Crippen LogP contribution in [0.2, 0.25) is 0 Å². The van der Waals surface area contributed by atoms with E-state index < -0.39 is 17.7 Å². The molecule has 0 aliphatic carbocycles. The molecule has 0 fully saturated rings. The van der Waals surface area contributed by atoms with E-state index in [4.69, 9.17) is 4.74 Å². The summed E-state index contributed by atoms with van der Waals surface area (Å²) in [6.07, 6.45) is 0.236. The van der Waals surface area contributed by atoms with E-state index >= 15 is 0 Å². The Bertz CT molecular complexity index is 506. The first-order valence-electron chi connectivity index (χ1n) is 6.39. The third kappa shape index (κ3) is 5.82. The lowest BCUT2D eigenvalue weighted by Crippen LogP contribution is -2.23. The van der Waals surface area contributed by atoms with E-state index in [9.17, 15) is 14.0 Å². The van der Waals surface area contributed by atoms with E-state index in [0.29, 0.717) is 11.3 Å². The maximum atomic E-state index is 13.3. The highest BCUT2D eigenvalue weighted by Gasteiger charge is 2.18. The molecule has 1 amide bonds. The molecule has 0 radical (unpaired) electrons. The van der Waals surface area contributed by atoms with Gasteiger partial charge in [-0.3, -0.25) is 9.59 Å². The van der Waals surface area contributed by atoms with Crippen LogP contribution < -0.4 is 5.32 Å². The van der Waals surface area contributed by atoms with Gasteiger partial charge in [0, 0.05) is 5.69 Å². The number of carbonyl (C=O) groups is 2. The van der Waals surface area contributed by atoms with Crippen LogP contribution in [0.25, 0.3) is 0 Å². The van der Waals surface area contributed by atoms with Gasteiger partial charge in [-0.1, -0.05) is 26.8 Å². The van der Waals surface area contributed by atoms with Gasteiger partial charge in [0.25, 0.3) is 5.91 Å². The average Bonchev–Trinajstić information content (AvgIpc) is 2.29. The summed E-state index contributed by atoms with van der Waals surface area (Å²) in [6.45, 7) is 6.98. The van der Waals surface area contributed by atoms with Crippen LogP contribution in [0.1, 0.15) is 32.8 Å². The topological polar surface area (TPSA) is 55.4 Å². The fourth-order valence-corrected chi connectivity index (χ4v) is 1.50. The van der Waals surface area contributed by atoms with Crippen molar-refractivity contribution in [1.82, 2.24) is 0 Å². The number of amides is 1. The number of ether oxygens (including phenoxy) is 1. The molecular formula is C15H20FNO3. The van der Waals surface area contributed by atoms with Gasteiger partial charge in [0.2, 0.25) is 0 Å². The van der Waals surface area contributed by atoms with Crippen molar-refractivity contribution in [3.8, 4) is 0 Å². The second-order valence-electron chi connectivity index (χ2n) is 5.91. The van der Waals surface area contributed by atoms with Crippen molar-refractivity contribution >= 4 is 17.6 Å². The number of aryl methyl sites for hydroxylation is 1. The molecule has 1 N–H and O–H groups in total. The lowest BCUT2D eigenvalue weighted by molar-refractivity contribution is -0.149. The minimum Gasteiger partial charge on any atom is -0.456 e. The second kappa shape index (κ2) is 6.50. The van der Waals surface area contributed by atoms with Crippen LogP contribution in [0.15, 0.2) is 18.2 Å². The van der Waals surface area contributed by atoms with Gasteiger partial charge >= 0.3 is 5.97 Å². The Morgan fingerprint density at radius 1 is 1.30 bits per heavy atom. The lowest BCUT2D eigenvalue weighted by Gasteiger charge is -2.16. The molecule has 5 heteroatoms. The van der Waals surface area contributed by atoms with Crippen molar-refractivity contribution in [2.45, 2.75) is 34.1 Å². The quantitative estimate of drug-likeness (QED) is 0.863. The average molecular weight is 281 g/mol. The van der Waals surface area contributed by atoms with Crippen molar-refractivity contribution < 1.29 is 18.7 Å². The summed E-state index contributed by atoms with van der Waals surface area (Å²) in [4.78, 5) is 23.0. The number of hydrogen-bond donors (Lipinski definition) is 1. The van der Waals surface area contributed by atoms with Crippen molar-refractivity contribution in [2.75, 3.05) is 11.9 Å². The largest absolute Gasteiger partial charge is 0.456 e. The molecule has 0 atom stereocenters. The monoisotopic (exact) mass is 281 g/mol. The minimum absolute atomic E-state index is 0.187. The number of anilines is 1. The Morgan fingerprint density at radius 2 is 1.95 bits per heavy atom.